The Morgan fingerprint density at radius 3 is 2.92 bits per heavy atom. The van der Waals surface area contributed by atoms with E-state index in [0.717, 1.165) is 32.6 Å². The van der Waals surface area contributed by atoms with E-state index in [9.17, 15) is 4.21 Å². The van der Waals surface area contributed by atoms with Crippen molar-refractivity contribution in [2.24, 2.45) is 11.7 Å². The van der Waals surface area contributed by atoms with E-state index in [4.69, 9.17) is 10.3 Å². The minimum absolute atomic E-state index is 0.358. The number of rotatable bonds is 4. The first-order valence-corrected chi connectivity index (χ1v) is 5.50. The van der Waals surface area contributed by atoms with Crippen molar-refractivity contribution in [1.82, 2.24) is 4.90 Å². The molecule has 3 N–H and O–H groups in total. The van der Waals surface area contributed by atoms with Crippen molar-refractivity contribution in [3.63, 3.8) is 0 Å². The van der Waals surface area contributed by atoms with Crippen molar-refractivity contribution < 1.29 is 8.76 Å². The Bertz CT molecular complexity index is 165. The molecule has 12 heavy (non-hydrogen) atoms. The van der Waals surface area contributed by atoms with Gasteiger partial charge in [0, 0.05) is 13.1 Å². The van der Waals surface area contributed by atoms with E-state index < -0.39 is 11.1 Å². The molecule has 0 aromatic rings. The number of nitrogens with zero attached hydrogens (tertiary/aromatic N) is 1. The van der Waals surface area contributed by atoms with Crippen LogP contribution in [0.3, 0.4) is 0 Å². The fourth-order valence-corrected chi connectivity index (χ4v) is 1.93. The third kappa shape index (κ3) is 3.18. The Morgan fingerprint density at radius 2 is 2.42 bits per heavy atom. The van der Waals surface area contributed by atoms with Gasteiger partial charge in [0.1, 0.15) is 0 Å². The summed E-state index contributed by atoms with van der Waals surface area (Å²) in [6.45, 7) is 3.48. The largest absolute Gasteiger partial charge is 0.330 e. The minimum Gasteiger partial charge on any atom is -0.330 e. The highest BCUT2D eigenvalue weighted by atomic mass is 32.2. The van der Waals surface area contributed by atoms with Crippen LogP contribution in [0.25, 0.3) is 0 Å². The summed E-state index contributed by atoms with van der Waals surface area (Å²) in [5.41, 5.74) is 5.52. The zero-order valence-corrected chi connectivity index (χ0v) is 7.92. The maximum Gasteiger partial charge on any atom is 0.154 e. The standard InChI is InChI=1S/C7H16N2O2S/c8-5-7-1-2-9(6-7)3-4-12(10)11/h7H,1-6,8H2,(H,10,11). The van der Waals surface area contributed by atoms with Crippen LogP contribution in [0, 0.1) is 5.92 Å². The van der Waals surface area contributed by atoms with E-state index in [1.807, 2.05) is 0 Å². The lowest BCUT2D eigenvalue weighted by molar-refractivity contribution is 0.343. The van der Waals surface area contributed by atoms with Crippen molar-refractivity contribution >= 4 is 11.1 Å². The lowest BCUT2D eigenvalue weighted by atomic mass is 10.1. The van der Waals surface area contributed by atoms with Crippen LogP contribution in [0.1, 0.15) is 6.42 Å². The van der Waals surface area contributed by atoms with Gasteiger partial charge in [0.05, 0.1) is 5.75 Å². The number of hydrogen-bond donors (Lipinski definition) is 2. The van der Waals surface area contributed by atoms with Gasteiger partial charge in [-0.2, -0.15) is 0 Å². The van der Waals surface area contributed by atoms with Gasteiger partial charge in [0.25, 0.3) is 0 Å². The van der Waals surface area contributed by atoms with Crippen molar-refractivity contribution in [3.8, 4) is 0 Å². The van der Waals surface area contributed by atoms with E-state index >= 15 is 0 Å². The summed E-state index contributed by atoms with van der Waals surface area (Å²) >= 11 is -1.65. The third-order valence-electron chi connectivity index (χ3n) is 2.29. The summed E-state index contributed by atoms with van der Waals surface area (Å²) in [6.07, 6.45) is 1.13. The van der Waals surface area contributed by atoms with Gasteiger partial charge in [0.15, 0.2) is 11.1 Å². The second-order valence-corrected chi connectivity index (χ2v) is 4.27. The molecular formula is C7H16N2O2S. The zero-order valence-electron chi connectivity index (χ0n) is 7.11. The molecule has 1 saturated heterocycles. The van der Waals surface area contributed by atoms with Gasteiger partial charge in [-0.25, -0.2) is 4.21 Å². The molecule has 0 aliphatic carbocycles. The molecule has 1 rings (SSSR count). The van der Waals surface area contributed by atoms with E-state index in [1.165, 1.54) is 0 Å². The molecule has 1 fully saturated rings. The Labute approximate surface area is 75.4 Å². The number of nitrogens with two attached hydrogens (primary N) is 1. The quantitative estimate of drug-likeness (QED) is 0.589. The normalized spacial score (nSPS) is 27.7. The SMILES string of the molecule is NCC1CCN(CCS(=O)O)C1. The van der Waals surface area contributed by atoms with Crippen LogP contribution < -0.4 is 5.73 Å². The summed E-state index contributed by atoms with van der Waals surface area (Å²) in [4.78, 5) is 2.20. The van der Waals surface area contributed by atoms with E-state index in [1.54, 1.807) is 0 Å². The monoisotopic (exact) mass is 192 g/mol. The summed E-state index contributed by atoms with van der Waals surface area (Å²) in [6, 6.07) is 0. The van der Waals surface area contributed by atoms with Crippen LogP contribution in [0.4, 0.5) is 0 Å². The first kappa shape index (κ1) is 10.1. The van der Waals surface area contributed by atoms with Crippen LogP contribution in [0.5, 0.6) is 0 Å². The van der Waals surface area contributed by atoms with Gasteiger partial charge in [-0.15, -0.1) is 0 Å². The maximum atomic E-state index is 10.4. The molecule has 0 amide bonds. The van der Waals surface area contributed by atoms with Gasteiger partial charge in [-0.3, -0.25) is 0 Å². The first-order valence-electron chi connectivity index (χ1n) is 4.22. The zero-order chi connectivity index (χ0) is 8.97. The van der Waals surface area contributed by atoms with Crippen molar-refractivity contribution in [3.05, 3.63) is 0 Å². The third-order valence-corrected chi connectivity index (χ3v) is 2.82. The van der Waals surface area contributed by atoms with E-state index in [2.05, 4.69) is 4.90 Å². The molecule has 5 heteroatoms. The fourth-order valence-electron chi connectivity index (χ4n) is 1.52. The minimum atomic E-state index is -1.65. The van der Waals surface area contributed by atoms with Gasteiger partial charge in [-0.1, -0.05) is 0 Å². The molecule has 2 unspecified atom stereocenters. The van der Waals surface area contributed by atoms with E-state index in [-0.39, 0.29) is 0 Å². The van der Waals surface area contributed by atoms with Crippen LogP contribution in [0.15, 0.2) is 0 Å². The average molecular weight is 192 g/mol. The molecule has 0 aromatic heterocycles. The Morgan fingerprint density at radius 1 is 1.67 bits per heavy atom. The van der Waals surface area contributed by atoms with Crippen LogP contribution in [-0.4, -0.2) is 45.6 Å². The molecule has 72 valence electrons. The molecule has 4 nitrogen and oxygen atoms in total. The molecule has 2 atom stereocenters. The topological polar surface area (TPSA) is 66.6 Å². The fraction of sp³-hybridized carbons (Fsp3) is 1.00. The molecule has 1 aliphatic heterocycles. The Hall–Kier alpha value is 0.0300. The summed E-state index contributed by atoms with van der Waals surface area (Å²) in [5, 5.41) is 0. The molecule has 1 heterocycles. The summed E-state index contributed by atoms with van der Waals surface area (Å²) < 4.78 is 18.9. The van der Waals surface area contributed by atoms with Crippen molar-refractivity contribution in [1.29, 1.82) is 0 Å². The molecule has 0 radical (unpaired) electrons. The molecular weight excluding hydrogens is 176 g/mol. The van der Waals surface area contributed by atoms with Gasteiger partial charge in [-0.05, 0) is 25.4 Å². The van der Waals surface area contributed by atoms with Crippen LogP contribution in [-0.2, 0) is 11.1 Å². The lowest BCUT2D eigenvalue weighted by Crippen LogP contribution is -2.27. The lowest BCUT2D eigenvalue weighted by Gasteiger charge is -2.13. The Kier molecular flexibility index (Phi) is 4.14. The van der Waals surface area contributed by atoms with Gasteiger partial charge in [0.2, 0.25) is 0 Å². The predicted octanol–water partition coefficient (Wildman–Crippen LogP) is -0.511. The highest BCUT2D eigenvalue weighted by molar-refractivity contribution is 7.79. The molecule has 1 aliphatic rings. The Balaban J connectivity index is 2.15. The van der Waals surface area contributed by atoms with Gasteiger partial charge >= 0.3 is 0 Å². The summed E-state index contributed by atoms with van der Waals surface area (Å²) in [7, 11) is 0. The van der Waals surface area contributed by atoms with Crippen molar-refractivity contribution in [2.75, 3.05) is 31.9 Å². The molecule has 0 bridgehead atoms. The second kappa shape index (κ2) is 4.91. The summed E-state index contributed by atoms with van der Waals surface area (Å²) in [5.74, 6) is 0.953. The van der Waals surface area contributed by atoms with Crippen LogP contribution >= 0.6 is 0 Å². The second-order valence-electron chi connectivity index (χ2n) is 3.22. The average Bonchev–Trinajstić information content (AvgIpc) is 2.48. The molecule has 0 saturated carbocycles. The highest BCUT2D eigenvalue weighted by Gasteiger charge is 2.20. The maximum absolute atomic E-state index is 10.4. The van der Waals surface area contributed by atoms with Crippen LogP contribution in [0.2, 0.25) is 0 Å². The predicted molar refractivity (Wildman–Crippen MR) is 49.2 cm³/mol. The van der Waals surface area contributed by atoms with Gasteiger partial charge < -0.3 is 15.2 Å². The highest BCUT2D eigenvalue weighted by Crippen LogP contribution is 2.13. The molecule has 0 aromatic carbocycles. The first-order chi connectivity index (χ1) is 5.72. The molecule has 0 spiro atoms. The van der Waals surface area contributed by atoms with E-state index in [0.29, 0.717) is 11.7 Å². The number of likely N-dealkylation sites (tertiary alicyclic amines) is 1. The number of hydrogen-bond acceptors (Lipinski definition) is 3. The van der Waals surface area contributed by atoms with Crippen molar-refractivity contribution in [2.45, 2.75) is 6.42 Å². The smallest absolute Gasteiger partial charge is 0.154 e.